The van der Waals surface area contributed by atoms with Crippen LogP contribution in [-0.2, 0) is 27.3 Å². The summed E-state index contributed by atoms with van der Waals surface area (Å²) in [6, 6.07) is 7.98. The van der Waals surface area contributed by atoms with Crippen LogP contribution in [0, 0.1) is 0 Å². The van der Waals surface area contributed by atoms with Crippen LogP contribution in [0.25, 0.3) is 0 Å². The van der Waals surface area contributed by atoms with E-state index in [4.69, 9.17) is 40.5 Å². The van der Waals surface area contributed by atoms with Crippen LogP contribution in [-0.4, -0.2) is 57.3 Å². The third kappa shape index (κ3) is 5.64. The third-order valence-corrected chi connectivity index (χ3v) is 9.24. The maximum atomic E-state index is 12.9. The lowest BCUT2D eigenvalue weighted by molar-refractivity contribution is -0.696. The van der Waals surface area contributed by atoms with E-state index in [0.29, 0.717) is 50.8 Å². The molecule has 3 heterocycles. The molecule has 13 heteroatoms. The van der Waals surface area contributed by atoms with E-state index in [2.05, 4.69) is 5.32 Å². The van der Waals surface area contributed by atoms with Gasteiger partial charge in [-0.15, -0.1) is 23.5 Å². The molecule has 1 aromatic heterocycles. The Morgan fingerprint density at radius 2 is 1.97 bits per heavy atom. The smallest absolute Gasteiger partial charge is 0.352 e. The summed E-state index contributed by atoms with van der Waals surface area (Å²) in [5.41, 5.74) is 7.28. The maximum absolute atomic E-state index is 12.9. The van der Waals surface area contributed by atoms with Crippen molar-refractivity contribution in [2.75, 3.05) is 18.1 Å². The van der Waals surface area contributed by atoms with E-state index in [0.717, 1.165) is 17.5 Å². The third-order valence-electron chi connectivity index (χ3n) is 5.70. The van der Waals surface area contributed by atoms with Crippen molar-refractivity contribution in [3.05, 3.63) is 68.6 Å². The first-order valence-electron chi connectivity index (χ1n) is 10.9. The van der Waals surface area contributed by atoms with Gasteiger partial charge in [0.25, 0.3) is 5.91 Å². The molecule has 2 amide bonds. The van der Waals surface area contributed by atoms with E-state index >= 15 is 0 Å². The van der Waals surface area contributed by atoms with Crippen LogP contribution < -0.4 is 15.6 Å². The van der Waals surface area contributed by atoms with Crippen LogP contribution in [0.3, 0.4) is 0 Å². The Bertz CT molecular complexity index is 1260. The normalized spacial score (nSPS) is 19.1. The second-order valence-corrected chi connectivity index (χ2v) is 11.4. The van der Waals surface area contributed by atoms with Crippen molar-refractivity contribution in [2.24, 2.45) is 5.73 Å². The zero-order valence-corrected chi connectivity index (χ0v) is 22.6. The minimum Gasteiger partial charge on any atom is -0.477 e. The molecule has 2 aromatic rings. The monoisotopic (exact) mass is 587 g/mol. The topological polar surface area (TPSA) is 117 Å². The minimum atomic E-state index is -1.17. The number of fused-ring (bicyclic) bond motifs is 1. The number of carbonyl (C=O) groups is 3. The fourth-order valence-electron chi connectivity index (χ4n) is 4.02. The van der Waals surface area contributed by atoms with Gasteiger partial charge in [0.15, 0.2) is 18.4 Å². The van der Waals surface area contributed by atoms with Gasteiger partial charge < -0.3 is 16.2 Å². The van der Waals surface area contributed by atoms with Gasteiger partial charge in [-0.05, 0) is 12.1 Å². The summed E-state index contributed by atoms with van der Waals surface area (Å²) in [6.07, 6.45) is 2.52. The molecule has 1 fully saturated rings. The molecule has 190 valence electrons. The molecule has 0 bridgehead atoms. The van der Waals surface area contributed by atoms with Gasteiger partial charge in [0, 0.05) is 41.3 Å². The largest absolute Gasteiger partial charge is 0.477 e. The Balaban J connectivity index is 1.44. The highest BCUT2D eigenvalue weighted by atomic mass is 35.5. The highest BCUT2D eigenvalue weighted by Crippen LogP contribution is 2.40. The van der Waals surface area contributed by atoms with E-state index in [-0.39, 0.29) is 17.4 Å². The summed E-state index contributed by atoms with van der Waals surface area (Å²) in [4.78, 5) is 39.5. The van der Waals surface area contributed by atoms with Gasteiger partial charge in [-0.3, -0.25) is 14.5 Å². The lowest BCUT2D eigenvalue weighted by Gasteiger charge is -2.49. The van der Waals surface area contributed by atoms with Gasteiger partial charge in [-0.25, -0.2) is 4.79 Å². The quantitative estimate of drug-likeness (QED) is 0.178. The number of halogens is 3. The minimum absolute atomic E-state index is 0.000289. The van der Waals surface area contributed by atoms with E-state index < -0.39 is 23.3 Å². The predicted octanol–water partition coefficient (Wildman–Crippen LogP) is 2.97. The van der Waals surface area contributed by atoms with Crippen molar-refractivity contribution >= 4 is 76.1 Å². The molecule has 4 N–H and O–H groups in total. The Morgan fingerprint density at radius 1 is 1.22 bits per heavy atom. The summed E-state index contributed by atoms with van der Waals surface area (Å²) >= 11 is 20.7. The molecular formula is C23H22Cl3N4O4S2+. The Kier molecular flexibility index (Phi) is 8.75. The van der Waals surface area contributed by atoms with Crippen LogP contribution in [0.15, 0.2) is 52.7 Å². The van der Waals surface area contributed by atoms with Crippen LogP contribution in [0.4, 0.5) is 0 Å². The molecule has 0 unspecified atom stereocenters. The molecule has 2 aliphatic rings. The number of nitrogens with two attached hydrogens (primary N) is 1. The number of aliphatic carboxylic acids is 1. The fraction of sp³-hybridized carbons (Fsp3) is 0.304. The number of thioether (sulfide) groups is 2. The lowest BCUT2D eigenvalue weighted by Crippen LogP contribution is -2.71. The van der Waals surface area contributed by atoms with Crippen molar-refractivity contribution in [1.29, 1.82) is 0 Å². The molecule has 8 nitrogen and oxygen atoms in total. The Morgan fingerprint density at radius 3 is 2.69 bits per heavy atom. The van der Waals surface area contributed by atoms with Crippen molar-refractivity contribution in [3.63, 3.8) is 0 Å². The number of β-lactam (4-membered cyclic amide) rings is 1. The summed E-state index contributed by atoms with van der Waals surface area (Å²) in [6.45, 7) is 0.798. The van der Waals surface area contributed by atoms with E-state index in [9.17, 15) is 19.5 Å². The zero-order chi connectivity index (χ0) is 26.0. The molecule has 0 saturated carbocycles. The van der Waals surface area contributed by atoms with E-state index in [1.807, 2.05) is 29.0 Å². The number of carbonyl (C=O) groups excluding carboxylic acids is 2. The van der Waals surface area contributed by atoms with Crippen molar-refractivity contribution < 1.29 is 24.1 Å². The molecular weight excluding hydrogens is 567 g/mol. The first kappa shape index (κ1) is 27.1. The standard InChI is InChI=1S/C23H21Cl3N4O4S2/c24-14-7-16(26)17(8-15(14)25)35-11-18(31)28-19-21(32)30-20(23(33)34)12(10-36-22(19)30)9-29-6-2-1-3-13(29)4-5-27/h1-3,6-8,19,22H,4-5,9-11,27H2,(H-,28,31,33,34)/p+1/t19-,22-/m1/s1. The van der Waals surface area contributed by atoms with Crippen LogP contribution in [0.1, 0.15) is 5.69 Å². The highest BCUT2D eigenvalue weighted by Gasteiger charge is 2.54. The molecule has 1 aromatic carbocycles. The average Bonchev–Trinajstić information content (AvgIpc) is 2.84. The number of amides is 2. The maximum Gasteiger partial charge on any atom is 0.352 e. The molecule has 4 rings (SSSR count). The number of rotatable bonds is 9. The zero-order valence-electron chi connectivity index (χ0n) is 18.7. The Labute approximate surface area is 231 Å². The van der Waals surface area contributed by atoms with Crippen molar-refractivity contribution in [2.45, 2.75) is 29.3 Å². The SMILES string of the molecule is NCCc1cccc[n+]1CC1=C(C(=O)O)N2C(=O)[C@@H](NC(=O)CSc3cc(Cl)c(Cl)cc3Cl)[C@H]2SC1. The molecule has 36 heavy (non-hydrogen) atoms. The number of hydrogen-bond acceptors (Lipinski definition) is 6. The van der Waals surface area contributed by atoms with E-state index in [1.54, 1.807) is 6.07 Å². The number of pyridine rings is 1. The van der Waals surface area contributed by atoms with Gasteiger partial charge in [-0.1, -0.05) is 40.9 Å². The number of carboxylic acids is 1. The molecule has 2 atom stereocenters. The molecule has 1 saturated heterocycles. The number of hydrogen-bond donors (Lipinski definition) is 3. The average molecular weight is 589 g/mol. The van der Waals surface area contributed by atoms with Gasteiger partial charge in [0.2, 0.25) is 5.91 Å². The van der Waals surface area contributed by atoms with Crippen LogP contribution in [0.5, 0.6) is 0 Å². The van der Waals surface area contributed by atoms with Gasteiger partial charge in [-0.2, -0.15) is 4.57 Å². The van der Waals surface area contributed by atoms with Crippen molar-refractivity contribution in [1.82, 2.24) is 10.2 Å². The summed E-state index contributed by atoms with van der Waals surface area (Å²) in [7, 11) is 0. The lowest BCUT2D eigenvalue weighted by atomic mass is 10.0. The number of benzene rings is 1. The second kappa shape index (κ2) is 11.6. The van der Waals surface area contributed by atoms with Crippen molar-refractivity contribution in [3.8, 4) is 0 Å². The van der Waals surface area contributed by atoms with E-state index in [1.165, 1.54) is 22.7 Å². The number of carboxylic acid groups (broad SMARTS) is 1. The fourth-order valence-corrected chi connectivity index (χ4v) is 6.90. The summed E-state index contributed by atoms with van der Waals surface area (Å²) < 4.78 is 1.95. The first-order chi connectivity index (χ1) is 17.2. The molecule has 0 aliphatic carbocycles. The van der Waals surface area contributed by atoms with Gasteiger partial charge in [0.1, 0.15) is 17.1 Å². The van der Waals surface area contributed by atoms with Gasteiger partial charge >= 0.3 is 5.97 Å². The summed E-state index contributed by atoms with van der Waals surface area (Å²) in [5.74, 6) is -1.58. The summed E-state index contributed by atoms with van der Waals surface area (Å²) in [5, 5.41) is 13.2. The van der Waals surface area contributed by atoms with Gasteiger partial charge in [0.05, 0.1) is 20.8 Å². The van der Waals surface area contributed by atoms with Crippen LogP contribution >= 0.6 is 58.3 Å². The number of aromatic nitrogens is 1. The highest BCUT2D eigenvalue weighted by molar-refractivity contribution is 8.00. The Hall–Kier alpha value is -1.95. The first-order valence-corrected chi connectivity index (χ1v) is 14.0. The molecule has 0 spiro atoms. The predicted molar refractivity (Wildman–Crippen MR) is 141 cm³/mol. The molecule has 0 radical (unpaired) electrons. The van der Waals surface area contributed by atoms with Crippen LogP contribution in [0.2, 0.25) is 15.1 Å². The second-order valence-electron chi connectivity index (χ2n) is 8.06. The number of nitrogens with one attached hydrogen (secondary N) is 1. The molecule has 2 aliphatic heterocycles. The number of nitrogens with zero attached hydrogens (tertiary/aromatic N) is 2.